The summed E-state index contributed by atoms with van der Waals surface area (Å²) in [6.07, 6.45) is 3.03. The minimum absolute atomic E-state index is 0.0769. The third-order valence-corrected chi connectivity index (χ3v) is 3.18. The van der Waals surface area contributed by atoms with E-state index < -0.39 is 10.0 Å². The van der Waals surface area contributed by atoms with Crippen molar-refractivity contribution in [2.24, 2.45) is 0 Å². The fourth-order valence-electron chi connectivity index (χ4n) is 1.02. The van der Waals surface area contributed by atoms with Gasteiger partial charge in [0.25, 0.3) is 10.0 Å². The molecule has 0 aliphatic rings. The standard InChI is InChI=1S/C8H15N3O2S/c1-4-11-5-8(9-6-11)14(12,13)10-7(2)3/h5-7,10H,4H2,1-3H3. The molecule has 0 aliphatic carbocycles. The van der Waals surface area contributed by atoms with E-state index in [1.54, 1.807) is 18.4 Å². The Bertz CT molecular complexity index is 394. The van der Waals surface area contributed by atoms with E-state index in [1.807, 2.05) is 6.92 Å². The van der Waals surface area contributed by atoms with Crippen molar-refractivity contribution in [3.8, 4) is 0 Å². The summed E-state index contributed by atoms with van der Waals surface area (Å²) in [5, 5.41) is 0.0769. The van der Waals surface area contributed by atoms with Crippen molar-refractivity contribution < 1.29 is 8.42 Å². The monoisotopic (exact) mass is 217 g/mol. The van der Waals surface area contributed by atoms with E-state index in [-0.39, 0.29) is 11.1 Å². The van der Waals surface area contributed by atoms with Crippen LogP contribution in [0.2, 0.25) is 0 Å². The summed E-state index contributed by atoms with van der Waals surface area (Å²) in [5.74, 6) is 0. The Labute approximate surface area is 84.2 Å². The average molecular weight is 217 g/mol. The summed E-state index contributed by atoms with van der Waals surface area (Å²) in [6, 6.07) is -0.119. The normalized spacial score (nSPS) is 12.3. The van der Waals surface area contributed by atoms with Gasteiger partial charge in [-0.3, -0.25) is 0 Å². The Morgan fingerprint density at radius 1 is 1.57 bits per heavy atom. The third-order valence-electron chi connectivity index (χ3n) is 1.64. The molecule has 1 aromatic heterocycles. The van der Waals surface area contributed by atoms with Gasteiger partial charge < -0.3 is 4.57 Å². The molecule has 14 heavy (non-hydrogen) atoms. The molecule has 1 heterocycles. The molecule has 80 valence electrons. The van der Waals surface area contributed by atoms with Crippen molar-refractivity contribution in [3.05, 3.63) is 12.5 Å². The molecule has 0 unspecified atom stereocenters. The maximum Gasteiger partial charge on any atom is 0.259 e. The fourth-order valence-corrected chi connectivity index (χ4v) is 2.22. The lowest BCUT2D eigenvalue weighted by Crippen LogP contribution is -2.30. The van der Waals surface area contributed by atoms with Crippen molar-refractivity contribution in [2.75, 3.05) is 0 Å². The van der Waals surface area contributed by atoms with Crippen LogP contribution in [-0.2, 0) is 16.6 Å². The second-order valence-corrected chi connectivity index (χ2v) is 4.98. The minimum Gasteiger partial charge on any atom is -0.336 e. The van der Waals surface area contributed by atoms with Crippen LogP contribution in [-0.4, -0.2) is 24.0 Å². The smallest absolute Gasteiger partial charge is 0.259 e. The van der Waals surface area contributed by atoms with Gasteiger partial charge in [-0.25, -0.2) is 18.1 Å². The van der Waals surface area contributed by atoms with Crippen molar-refractivity contribution in [3.63, 3.8) is 0 Å². The first-order valence-electron chi connectivity index (χ1n) is 4.50. The predicted octanol–water partition coefficient (Wildman–Crippen LogP) is 0.590. The van der Waals surface area contributed by atoms with Crippen LogP contribution < -0.4 is 4.72 Å². The summed E-state index contributed by atoms with van der Waals surface area (Å²) < 4.78 is 27.4. The molecule has 0 spiro atoms. The van der Waals surface area contributed by atoms with Crippen LogP contribution >= 0.6 is 0 Å². The van der Waals surface area contributed by atoms with E-state index in [0.717, 1.165) is 0 Å². The Morgan fingerprint density at radius 3 is 2.64 bits per heavy atom. The molecule has 1 aromatic rings. The number of hydrogen-bond donors (Lipinski definition) is 1. The topological polar surface area (TPSA) is 64.0 Å². The molecule has 0 saturated heterocycles. The van der Waals surface area contributed by atoms with Gasteiger partial charge in [-0.1, -0.05) is 0 Å². The highest BCUT2D eigenvalue weighted by Crippen LogP contribution is 2.05. The van der Waals surface area contributed by atoms with Gasteiger partial charge in [0.1, 0.15) is 0 Å². The number of nitrogens with one attached hydrogen (secondary N) is 1. The predicted molar refractivity (Wildman–Crippen MR) is 53.4 cm³/mol. The van der Waals surface area contributed by atoms with Crippen LogP contribution in [0.25, 0.3) is 0 Å². The van der Waals surface area contributed by atoms with Gasteiger partial charge in [-0.2, -0.15) is 0 Å². The van der Waals surface area contributed by atoms with Crippen molar-refractivity contribution >= 4 is 10.0 Å². The lowest BCUT2D eigenvalue weighted by molar-refractivity contribution is 0.566. The fraction of sp³-hybridized carbons (Fsp3) is 0.625. The lowest BCUT2D eigenvalue weighted by Gasteiger charge is -2.06. The second kappa shape index (κ2) is 4.10. The third kappa shape index (κ3) is 2.55. The van der Waals surface area contributed by atoms with Crippen molar-refractivity contribution in [1.82, 2.24) is 14.3 Å². The van der Waals surface area contributed by atoms with E-state index >= 15 is 0 Å². The zero-order valence-electron chi connectivity index (χ0n) is 8.56. The summed E-state index contributed by atoms with van der Waals surface area (Å²) in [6.45, 7) is 6.18. The summed E-state index contributed by atoms with van der Waals surface area (Å²) in [5.41, 5.74) is 0. The highest BCUT2D eigenvalue weighted by molar-refractivity contribution is 7.89. The second-order valence-electron chi connectivity index (χ2n) is 3.32. The van der Waals surface area contributed by atoms with Gasteiger partial charge in [0, 0.05) is 18.8 Å². The van der Waals surface area contributed by atoms with Gasteiger partial charge in [0.05, 0.1) is 6.33 Å². The minimum atomic E-state index is -3.43. The summed E-state index contributed by atoms with van der Waals surface area (Å²) in [7, 11) is -3.43. The molecule has 0 aliphatic heterocycles. The summed E-state index contributed by atoms with van der Waals surface area (Å²) in [4.78, 5) is 3.82. The Kier molecular flexibility index (Phi) is 3.28. The molecular formula is C8H15N3O2S. The first-order chi connectivity index (χ1) is 6.45. The molecule has 0 fully saturated rings. The van der Waals surface area contributed by atoms with Gasteiger partial charge >= 0.3 is 0 Å². The van der Waals surface area contributed by atoms with E-state index in [4.69, 9.17) is 0 Å². The van der Waals surface area contributed by atoms with Gasteiger partial charge in [0.15, 0.2) is 5.03 Å². The van der Waals surface area contributed by atoms with Gasteiger partial charge in [-0.05, 0) is 20.8 Å². The lowest BCUT2D eigenvalue weighted by atomic mass is 10.4. The molecule has 1 N–H and O–H groups in total. The van der Waals surface area contributed by atoms with Crippen LogP contribution in [0.4, 0.5) is 0 Å². The van der Waals surface area contributed by atoms with Crippen LogP contribution in [0.5, 0.6) is 0 Å². The zero-order chi connectivity index (χ0) is 10.8. The molecule has 0 amide bonds. The number of rotatable bonds is 4. The van der Waals surface area contributed by atoms with E-state index in [2.05, 4.69) is 9.71 Å². The first kappa shape index (κ1) is 11.2. The molecule has 0 aromatic carbocycles. The van der Waals surface area contributed by atoms with Crippen LogP contribution in [0.15, 0.2) is 17.6 Å². The quantitative estimate of drug-likeness (QED) is 0.802. The molecule has 5 nitrogen and oxygen atoms in total. The van der Waals surface area contributed by atoms with E-state index in [0.29, 0.717) is 6.54 Å². The molecule has 0 bridgehead atoms. The van der Waals surface area contributed by atoms with Gasteiger partial charge in [0.2, 0.25) is 0 Å². The molecule has 0 radical (unpaired) electrons. The molecule has 6 heteroatoms. The maximum absolute atomic E-state index is 11.6. The van der Waals surface area contributed by atoms with Crippen LogP contribution in [0, 0.1) is 0 Å². The number of nitrogens with zero attached hydrogens (tertiary/aromatic N) is 2. The maximum atomic E-state index is 11.6. The number of sulfonamides is 1. The van der Waals surface area contributed by atoms with Crippen LogP contribution in [0.3, 0.4) is 0 Å². The Hall–Kier alpha value is -0.880. The molecule has 0 atom stereocenters. The summed E-state index contributed by atoms with van der Waals surface area (Å²) >= 11 is 0. The van der Waals surface area contributed by atoms with E-state index in [1.165, 1.54) is 12.5 Å². The van der Waals surface area contributed by atoms with Gasteiger partial charge in [-0.15, -0.1) is 0 Å². The number of aromatic nitrogens is 2. The molecule has 0 saturated carbocycles. The Morgan fingerprint density at radius 2 is 2.21 bits per heavy atom. The first-order valence-corrected chi connectivity index (χ1v) is 5.98. The van der Waals surface area contributed by atoms with E-state index in [9.17, 15) is 8.42 Å². The van der Waals surface area contributed by atoms with Crippen molar-refractivity contribution in [1.29, 1.82) is 0 Å². The average Bonchev–Trinajstić information content (AvgIpc) is 2.49. The molecule has 1 rings (SSSR count). The SMILES string of the molecule is CCn1cnc(S(=O)(=O)NC(C)C)c1. The number of aryl methyl sites for hydroxylation is 1. The Balaban J connectivity index is 2.93. The number of hydrogen-bond acceptors (Lipinski definition) is 3. The highest BCUT2D eigenvalue weighted by Gasteiger charge is 2.17. The van der Waals surface area contributed by atoms with Crippen molar-refractivity contribution in [2.45, 2.75) is 38.4 Å². The van der Waals surface area contributed by atoms with Crippen LogP contribution in [0.1, 0.15) is 20.8 Å². The molecular weight excluding hydrogens is 202 g/mol. The largest absolute Gasteiger partial charge is 0.336 e. The zero-order valence-corrected chi connectivity index (χ0v) is 9.37. The number of imidazole rings is 1. The highest BCUT2D eigenvalue weighted by atomic mass is 32.2.